The fourth-order valence-electron chi connectivity index (χ4n) is 5.43. The summed E-state index contributed by atoms with van der Waals surface area (Å²) in [6.07, 6.45) is 12.8. The molecule has 0 fully saturated rings. The standard InChI is InChI=1S/C35H48O/c1-5-9-13-27(6-2)24-29-15-18-32(19-16-29)34-22-20-33(26-31(34)8-4)35-21-17-28(25-30(35)7-3)14-11-10-12-23-36/h15-22,25-27,36H,5-14,23-24H2,1-4H3. The SMILES string of the molecule is CCCCC(CC)Cc1ccc(-c2ccc(-c3ccc(CCCCCO)cc3CC)cc2CC)cc1. The third kappa shape index (κ3) is 7.81. The minimum Gasteiger partial charge on any atom is -0.396 e. The molecule has 36 heavy (non-hydrogen) atoms. The number of unbranched alkanes of at least 4 members (excludes halogenated alkanes) is 3. The highest BCUT2D eigenvalue weighted by molar-refractivity contribution is 5.75. The molecule has 3 aromatic carbocycles. The third-order valence-corrected chi connectivity index (χ3v) is 7.80. The molecule has 0 aliphatic heterocycles. The third-order valence-electron chi connectivity index (χ3n) is 7.80. The predicted octanol–water partition coefficient (Wildman–Crippen LogP) is 9.61. The van der Waals surface area contributed by atoms with Crippen molar-refractivity contribution in [1.82, 2.24) is 0 Å². The molecule has 194 valence electrons. The molecule has 1 nitrogen and oxygen atoms in total. The molecule has 0 aliphatic rings. The largest absolute Gasteiger partial charge is 0.396 e. The average Bonchev–Trinajstić information content (AvgIpc) is 2.93. The molecule has 0 bridgehead atoms. The first-order valence-corrected chi connectivity index (χ1v) is 14.6. The van der Waals surface area contributed by atoms with Crippen molar-refractivity contribution in [2.24, 2.45) is 5.92 Å². The summed E-state index contributed by atoms with van der Waals surface area (Å²) in [6.45, 7) is 9.46. The maximum atomic E-state index is 9.02. The van der Waals surface area contributed by atoms with Crippen LogP contribution in [-0.4, -0.2) is 11.7 Å². The molecule has 0 heterocycles. The van der Waals surface area contributed by atoms with Crippen LogP contribution in [0.1, 0.15) is 94.9 Å². The normalized spacial score (nSPS) is 12.1. The summed E-state index contributed by atoms with van der Waals surface area (Å²) in [6, 6.07) is 23.5. The number of aryl methyl sites for hydroxylation is 3. The molecule has 1 N–H and O–H groups in total. The Morgan fingerprint density at radius 1 is 0.639 bits per heavy atom. The molecule has 0 saturated heterocycles. The van der Waals surface area contributed by atoms with E-state index in [9.17, 15) is 0 Å². The predicted molar refractivity (Wildman–Crippen MR) is 158 cm³/mol. The van der Waals surface area contributed by atoms with Crippen molar-refractivity contribution in [1.29, 1.82) is 0 Å². The summed E-state index contributed by atoms with van der Waals surface area (Å²) >= 11 is 0. The van der Waals surface area contributed by atoms with Crippen molar-refractivity contribution in [2.45, 2.75) is 98.3 Å². The molecule has 0 radical (unpaired) electrons. The van der Waals surface area contributed by atoms with E-state index in [0.29, 0.717) is 6.61 Å². The molecule has 1 atom stereocenters. The first-order chi connectivity index (χ1) is 17.6. The van der Waals surface area contributed by atoms with Gasteiger partial charge in [0.2, 0.25) is 0 Å². The van der Waals surface area contributed by atoms with Crippen LogP contribution in [0.25, 0.3) is 22.3 Å². The molecule has 0 amide bonds. The minimum absolute atomic E-state index is 0.303. The smallest absolute Gasteiger partial charge is 0.0431 e. The van der Waals surface area contributed by atoms with Crippen LogP contribution in [0.15, 0.2) is 60.7 Å². The Morgan fingerprint density at radius 3 is 1.94 bits per heavy atom. The van der Waals surface area contributed by atoms with Gasteiger partial charge in [-0.15, -0.1) is 0 Å². The van der Waals surface area contributed by atoms with Crippen LogP contribution in [0.3, 0.4) is 0 Å². The summed E-state index contributed by atoms with van der Waals surface area (Å²) in [5.41, 5.74) is 11.1. The lowest BCUT2D eigenvalue weighted by Gasteiger charge is -2.16. The minimum atomic E-state index is 0.303. The van der Waals surface area contributed by atoms with E-state index < -0.39 is 0 Å². The second-order valence-electron chi connectivity index (χ2n) is 10.4. The van der Waals surface area contributed by atoms with E-state index in [1.807, 2.05) is 0 Å². The molecular formula is C35H48O. The van der Waals surface area contributed by atoms with Crippen LogP contribution in [0.2, 0.25) is 0 Å². The van der Waals surface area contributed by atoms with Crippen molar-refractivity contribution in [3.63, 3.8) is 0 Å². The monoisotopic (exact) mass is 484 g/mol. The van der Waals surface area contributed by atoms with Gasteiger partial charge in [-0.25, -0.2) is 0 Å². The zero-order valence-corrected chi connectivity index (χ0v) is 23.3. The van der Waals surface area contributed by atoms with Crippen molar-refractivity contribution in [3.05, 3.63) is 82.9 Å². The van der Waals surface area contributed by atoms with Gasteiger partial charge in [-0.3, -0.25) is 0 Å². The van der Waals surface area contributed by atoms with Gasteiger partial charge in [0.15, 0.2) is 0 Å². The summed E-state index contributed by atoms with van der Waals surface area (Å²) < 4.78 is 0. The van der Waals surface area contributed by atoms with Gasteiger partial charge < -0.3 is 5.11 Å². The molecule has 1 heteroatoms. The Morgan fingerprint density at radius 2 is 1.28 bits per heavy atom. The zero-order chi connectivity index (χ0) is 25.8. The Kier molecular flexibility index (Phi) is 11.8. The Labute approximate surface area is 221 Å². The molecule has 1 unspecified atom stereocenters. The fraction of sp³-hybridized carbons (Fsp3) is 0.486. The van der Waals surface area contributed by atoms with Crippen molar-refractivity contribution in [3.8, 4) is 22.3 Å². The first kappa shape index (κ1) is 28.2. The number of hydrogen-bond donors (Lipinski definition) is 1. The average molecular weight is 485 g/mol. The highest BCUT2D eigenvalue weighted by Gasteiger charge is 2.11. The molecule has 0 aromatic heterocycles. The second-order valence-corrected chi connectivity index (χ2v) is 10.4. The number of hydrogen-bond acceptors (Lipinski definition) is 1. The van der Waals surface area contributed by atoms with E-state index in [-0.39, 0.29) is 0 Å². The lowest BCUT2D eigenvalue weighted by Crippen LogP contribution is -2.03. The van der Waals surface area contributed by atoms with Crippen molar-refractivity contribution < 1.29 is 5.11 Å². The fourth-order valence-corrected chi connectivity index (χ4v) is 5.43. The maximum absolute atomic E-state index is 9.02. The number of rotatable bonds is 15. The zero-order valence-electron chi connectivity index (χ0n) is 23.3. The number of aliphatic hydroxyl groups is 1. The van der Waals surface area contributed by atoms with Gasteiger partial charge in [-0.05, 0) is 89.0 Å². The Balaban J connectivity index is 1.78. The summed E-state index contributed by atoms with van der Waals surface area (Å²) in [4.78, 5) is 0. The van der Waals surface area contributed by atoms with Crippen LogP contribution in [0.5, 0.6) is 0 Å². The quantitative estimate of drug-likeness (QED) is 0.213. The van der Waals surface area contributed by atoms with Crippen molar-refractivity contribution in [2.75, 3.05) is 6.61 Å². The van der Waals surface area contributed by atoms with Gasteiger partial charge in [0.05, 0.1) is 0 Å². The Bertz CT molecular complexity index is 1050. The van der Waals surface area contributed by atoms with Gasteiger partial charge in [0.25, 0.3) is 0 Å². The lowest BCUT2D eigenvalue weighted by molar-refractivity contribution is 0.283. The van der Waals surface area contributed by atoms with E-state index >= 15 is 0 Å². The summed E-state index contributed by atoms with van der Waals surface area (Å²) in [5.74, 6) is 0.806. The van der Waals surface area contributed by atoms with Gasteiger partial charge in [0.1, 0.15) is 0 Å². The highest BCUT2D eigenvalue weighted by atomic mass is 16.2. The van der Waals surface area contributed by atoms with Crippen LogP contribution in [0, 0.1) is 5.92 Å². The maximum Gasteiger partial charge on any atom is 0.0431 e. The highest BCUT2D eigenvalue weighted by Crippen LogP contribution is 2.32. The van der Waals surface area contributed by atoms with Gasteiger partial charge in [-0.1, -0.05) is 120 Å². The summed E-state index contributed by atoms with van der Waals surface area (Å²) in [7, 11) is 0. The summed E-state index contributed by atoms with van der Waals surface area (Å²) in [5, 5.41) is 9.02. The van der Waals surface area contributed by atoms with E-state index in [4.69, 9.17) is 5.11 Å². The molecule has 3 rings (SSSR count). The van der Waals surface area contributed by atoms with E-state index in [2.05, 4.69) is 88.4 Å². The van der Waals surface area contributed by atoms with Gasteiger partial charge in [0, 0.05) is 6.61 Å². The van der Waals surface area contributed by atoms with E-state index in [1.54, 1.807) is 0 Å². The molecule has 3 aromatic rings. The van der Waals surface area contributed by atoms with Crippen LogP contribution < -0.4 is 0 Å². The molecule has 0 spiro atoms. The topological polar surface area (TPSA) is 20.2 Å². The van der Waals surface area contributed by atoms with Gasteiger partial charge >= 0.3 is 0 Å². The molecule has 0 aliphatic carbocycles. The number of benzene rings is 3. The van der Waals surface area contributed by atoms with Crippen LogP contribution in [-0.2, 0) is 25.7 Å². The lowest BCUT2D eigenvalue weighted by atomic mass is 9.89. The van der Waals surface area contributed by atoms with Crippen LogP contribution in [0.4, 0.5) is 0 Å². The molecular weight excluding hydrogens is 436 g/mol. The first-order valence-electron chi connectivity index (χ1n) is 14.6. The van der Waals surface area contributed by atoms with E-state index in [0.717, 1.165) is 44.4 Å². The number of aliphatic hydroxyl groups excluding tert-OH is 1. The Hall–Kier alpha value is -2.38. The molecule has 0 saturated carbocycles. The van der Waals surface area contributed by atoms with E-state index in [1.165, 1.54) is 76.6 Å². The van der Waals surface area contributed by atoms with Crippen LogP contribution >= 0.6 is 0 Å². The van der Waals surface area contributed by atoms with Gasteiger partial charge in [-0.2, -0.15) is 0 Å². The second kappa shape index (κ2) is 15.0. The van der Waals surface area contributed by atoms with Crippen molar-refractivity contribution >= 4 is 0 Å².